The summed E-state index contributed by atoms with van der Waals surface area (Å²) < 4.78 is 24.7. The molecule has 2 rings (SSSR count). The van der Waals surface area contributed by atoms with Gasteiger partial charge in [-0.3, -0.25) is 11.3 Å². The van der Waals surface area contributed by atoms with Gasteiger partial charge in [0, 0.05) is 18.2 Å². The Balaban J connectivity index is 2.07. The molecule has 0 saturated carbocycles. The first kappa shape index (κ1) is 14.2. The molecule has 3 N–H and O–H groups in total. The van der Waals surface area contributed by atoms with Crippen LogP contribution in [0.2, 0.25) is 0 Å². The minimum Gasteiger partial charge on any atom is -0.497 e. The molecule has 0 spiro atoms. The quantitative estimate of drug-likeness (QED) is 0.635. The second-order valence-corrected chi connectivity index (χ2v) is 4.83. The summed E-state index contributed by atoms with van der Waals surface area (Å²) in [5.74, 6) is 5.76. The molecule has 4 nitrogen and oxygen atoms in total. The molecule has 1 heterocycles. The molecule has 0 aliphatic carbocycles. The van der Waals surface area contributed by atoms with Crippen LogP contribution in [0.15, 0.2) is 18.2 Å². The Morgan fingerprint density at radius 2 is 2.37 bits per heavy atom. The zero-order chi connectivity index (χ0) is 13.7. The van der Waals surface area contributed by atoms with Crippen molar-refractivity contribution < 1.29 is 13.9 Å². The average Bonchev–Trinajstić information content (AvgIpc) is 2.46. The van der Waals surface area contributed by atoms with E-state index < -0.39 is 0 Å². The van der Waals surface area contributed by atoms with Crippen LogP contribution in [0.1, 0.15) is 37.3 Å². The minimum atomic E-state index is -0.307. The number of hydrogen-bond donors (Lipinski definition) is 2. The van der Waals surface area contributed by atoms with Gasteiger partial charge in [-0.05, 0) is 31.7 Å². The van der Waals surface area contributed by atoms with Gasteiger partial charge in [0.15, 0.2) is 0 Å². The number of nitrogens with one attached hydrogen (secondary N) is 1. The Morgan fingerprint density at radius 3 is 2.95 bits per heavy atom. The third kappa shape index (κ3) is 3.65. The highest BCUT2D eigenvalue weighted by atomic mass is 19.1. The van der Waals surface area contributed by atoms with Gasteiger partial charge in [0.05, 0.1) is 19.3 Å². The third-order valence-electron chi connectivity index (χ3n) is 3.56. The summed E-state index contributed by atoms with van der Waals surface area (Å²) >= 11 is 0. The first-order valence-electron chi connectivity index (χ1n) is 6.65. The lowest BCUT2D eigenvalue weighted by Crippen LogP contribution is -2.33. The van der Waals surface area contributed by atoms with Crippen molar-refractivity contribution in [3.8, 4) is 5.75 Å². The highest BCUT2D eigenvalue weighted by molar-refractivity contribution is 5.30. The molecule has 0 aromatic heterocycles. The van der Waals surface area contributed by atoms with Crippen LogP contribution in [0.25, 0.3) is 0 Å². The Bertz CT molecular complexity index is 408. The van der Waals surface area contributed by atoms with Crippen molar-refractivity contribution in [2.45, 2.75) is 37.8 Å². The van der Waals surface area contributed by atoms with Gasteiger partial charge in [-0.15, -0.1) is 0 Å². The summed E-state index contributed by atoms with van der Waals surface area (Å²) in [5.41, 5.74) is 3.24. The van der Waals surface area contributed by atoms with Crippen LogP contribution in [0, 0.1) is 5.82 Å². The van der Waals surface area contributed by atoms with Crippen molar-refractivity contribution in [1.82, 2.24) is 5.43 Å². The van der Waals surface area contributed by atoms with Gasteiger partial charge in [-0.2, -0.15) is 0 Å². The van der Waals surface area contributed by atoms with Gasteiger partial charge in [0.2, 0.25) is 0 Å². The Hall–Kier alpha value is -1.17. The van der Waals surface area contributed by atoms with E-state index in [-0.39, 0.29) is 18.0 Å². The van der Waals surface area contributed by atoms with Gasteiger partial charge >= 0.3 is 0 Å². The molecule has 106 valence electrons. The van der Waals surface area contributed by atoms with E-state index in [1.807, 2.05) is 0 Å². The predicted octanol–water partition coefficient (Wildman–Crippen LogP) is 2.30. The molecule has 1 aliphatic heterocycles. The van der Waals surface area contributed by atoms with Gasteiger partial charge < -0.3 is 9.47 Å². The van der Waals surface area contributed by atoms with E-state index in [0.717, 1.165) is 25.9 Å². The highest BCUT2D eigenvalue weighted by Gasteiger charge is 2.22. The van der Waals surface area contributed by atoms with E-state index in [0.29, 0.717) is 17.7 Å². The van der Waals surface area contributed by atoms with Crippen LogP contribution in [0.5, 0.6) is 5.75 Å². The number of hydrazine groups is 1. The van der Waals surface area contributed by atoms with Gasteiger partial charge in [-0.1, -0.05) is 6.07 Å². The number of nitrogens with two attached hydrogens (primary N) is 1. The zero-order valence-corrected chi connectivity index (χ0v) is 11.2. The van der Waals surface area contributed by atoms with Crippen molar-refractivity contribution in [2.75, 3.05) is 13.7 Å². The molecule has 0 bridgehead atoms. The lowest BCUT2D eigenvalue weighted by atomic mass is 9.96. The second kappa shape index (κ2) is 6.84. The summed E-state index contributed by atoms with van der Waals surface area (Å²) in [6, 6.07) is 4.59. The van der Waals surface area contributed by atoms with Crippen LogP contribution in [0.3, 0.4) is 0 Å². The van der Waals surface area contributed by atoms with Crippen LogP contribution in [-0.2, 0) is 4.74 Å². The summed E-state index contributed by atoms with van der Waals surface area (Å²) in [6.45, 7) is 0.785. The van der Waals surface area contributed by atoms with Crippen LogP contribution in [0.4, 0.5) is 4.39 Å². The maximum Gasteiger partial charge on any atom is 0.131 e. The molecular formula is C14H21FN2O2. The maximum absolute atomic E-state index is 14.0. The van der Waals surface area contributed by atoms with Crippen molar-refractivity contribution in [2.24, 2.45) is 5.84 Å². The Labute approximate surface area is 113 Å². The molecule has 1 saturated heterocycles. The van der Waals surface area contributed by atoms with Gasteiger partial charge in [0.25, 0.3) is 0 Å². The summed E-state index contributed by atoms with van der Waals surface area (Å²) in [6.07, 6.45) is 4.10. The fraction of sp³-hybridized carbons (Fsp3) is 0.571. The number of methoxy groups -OCH3 is 1. The molecule has 2 atom stereocenters. The van der Waals surface area contributed by atoms with Gasteiger partial charge in [0.1, 0.15) is 11.6 Å². The predicted molar refractivity (Wildman–Crippen MR) is 71.2 cm³/mol. The third-order valence-corrected chi connectivity index (χ3v) is 3.56. The first-order chi connectivity index (χ1) is 9.24. The highest BCUT2D eigenvalue weighted by Crippen LogP contribution is 2.27. The lowest BCUT2D eigenvalue weighted by molar-refractivity contribution is 0.00483. The summed E-state index contributed by atoms with van der Waals surface area (Å²) in [7, 11) is 1.52. The summed E-state index contributed by atoms with van der Waals surface area (Å²) in [5, 5.41) is 0. The van der Waals surface area contributed by atoms with E-state index >= 15 is 0 Å². The van der Waals surface area contributed by atoms with Gasteiger partial charge in [-0.25, -0.2) is 4.39 Å². The van der Waals surface area contributed by atoms with Crippen molar-refractivity contribution in [3.63, 3.8) is 0 Å². The normalized spacial score (nSPS) is 21.1. The van der Waals surface area contributed by atoms with E-state index in [4.69, 9.17) is 15.3 Å². The zero-order valence-electron chi connectivity index (χ0n) is 11.2. The fourth-order valence-corrected chi connectivity index (χ4v) is 2.46. The SMILES string of the molecule is COc1ccc(C(CC2CCCCO2)NN)c(F)c1. The molecular weight excluding hydrogens is 247 g/mol. The average molecular weight is 268 g/mol. The molecule has 0 amide bonds. The van der Waals surface area contributed by atoms with Crippen molar-refractivity contribution in [1.29, 1.82) is 0 Å². The summed E-state index contributed by atoms with van der Waals surface area (Å²) in [4.78, 5) is 0. The van der Waals surface area contributed by atoms with Crippen LogP contribution in [-0.4, -0.2) is 19.8 Å². The van der Waals surface area contributed by atoms with E-state index in [9.17, 15) is 4.39 Å². The number of benzene rings is 1. The lowest BCUT2D eigenvalue weighted by Gasteiger charge is -2.27. The molecule has 19 heavy (non-hydrogen) atoms. The number of ether oxygens (including phenoxy) is 2. The largest absolute Gasteiger partial charge is 0.497 e. The number of hydrogen-bond acceptors (Lipinski definition) is 4. The molecule has 0 radical (unpaired) electrons. The fourth-order valence-electron chi connectivity index (χ4n) is 2.46. The van der Waals surface area contributed by atoms with E-state index in [1.54, 1.807) is 12.1 Å². The molecule has 1 aromatic rings. The second-order valence-electron chi connectivity index (χ2n) is 4.83. The standard InChI is InChI=1S/C14H21FN2O2/c1-18-10-5-6-12(13(15)8-10)14(17-16)9-11-4-2-3-7-19-11/h5-6,8,11,14,17H,2-4,7,9,16H2,1H3. The van der Waals surface area contributed by atoms with E-state index in [1.165, 1.54) is 13.2 Å². The number of rotatable bonds is 5. The van der Waals surface area contributed by atoms with E-state index in [2.05, 4.69) is 5.43 Å². The monoisotopic (exact) mass is 268 g/mol. The molecule has 1 aromatic carbocycles. The topological polar surface area (TPSA) is 56.5 Å². The molecule has 2 unspecified atom stereocenters. The maximum atomic E-state index is 14.0. The minimum absolute atomic E-state index is 0.149. The van der Waals surface area contributed by atoms with Crippen molar-refractivity contribution in [3.05, 3.63) is 29.6 Å². The van der Waals surface area contributed by atoms with Crippen molar-refractivity contribution >= 4 is 0 Å². The Kier molecular flexibility index (Phi) is 5.13. The number of halogens is 1. The smallest absolute Gasteiger partial charge is 0.131 e. The Morgan fingerprint density at radius 1 is 1.53 bits per heavy atom. The molecule has 1 fully saturated rings. The van der Waals surface area contributed by atoms with Crippen LogP contribution < -0.4 is 16.0 Å². The molecule has 1 aliphatic rings. The van der Waals surface area contributed by atoms with Crippen LogP contribution >= 0.6 is 0 Å². The first-order valence-corrected chi connectivity index (χ1v) is 6.65. The molecule has 5 heteroatoms.